The second kappa shape index (κ2) is 6.88. The van der Waals surface area contributed by atoms with Crippen LogP contribution in [0.3, 0.4) is 0 Å². The molecule has 5 nitrogen and oxygen atoms in total. The Morgan fingerprint density at radius 2 is 2.21 bits per heavy atom. The van der Waals surface area contributed by atoms with Crippen molar-refractivity contribution in [1.29, 1.82) is 0 Å². The summed E-state index contributed by atoms with van der Waals surface area (Å²) < 4.78 is 0. The van der Waals surface area contributed by atoms with Gasteiger partial charge in [0.15, 0.2) is 0 Å². The molecule has 0 fully saturated rings. The van der Waals surface area contributed by atoms with Gasteiger partial charge in [-0.25, -0.2) is 0 Å². The minimum absolute atomic E-state index is 0.134. The largest absolute Gasteiger partial charge is 0.388 e. The highest BCUT2D eigenvalue weighted by Gasteiger charge is 2.19. The SMILES string of the molecule is CSCC(C)(O)CNCc1cccc([N+](=O)[O-])c1C. The molecule has 1 aromatic carbocycles. The van der Waals surface area contributed by atoms with Crippen LogP contribution in [0.5, 0.6) is 0 Å². The van der Waals surface area contributed by atoms with E-state index in [1.54, 1.807) is 31.7 Å². The third-order valence-corrected chi connectivity index (χ3v) is 3.80. The molecule has 0 amide bonds. The van der Waals surface area contributed by atoms with Crippen LogP contribution in [-0.2, 0) is 6.54 Å². The Morgan fingerprint density at radius 1 is 1.53 bits per heavy atom. The Hall–Kier alpha value is -1.11. The molecule has 19 heavy (non-hydrogen) atoms. The van der Waals surface area contributed by atoms with Crippen LogP contribution in [0.25, 0.3) is 0 Å². The Bertz CT molecular complexity index is 450. The number of rotatable bonds is 7. The zero-order valence-electron chi connectivity index (χ0n) is 11.5. The molecule has 6 heteroatoms. The smallest absolute Gasteiger partial charge is 0.272 e. The molecule has 1 aromatic rings. The molecule has 2 N–H and O–H groups in total. The van der Waals surface area contributed by atoms with Gasteiger partial charge in [-0.05, 0) is 25.7 Å². The maximum absolute atomic E-state index is 10.8. The average Bonchev–Trinajstić information content (AvgIpc) is 2.30. The highest BCUT2D eigenvalue weighted by molar-refractivity contribution is 7.98. The molecule has 0 aliphatic rings. The minimum Gasteiger partial charge on any atom is -0.388 e. The summed E-state index contributed by atoms with van der Waals surface area (Å²) in [7, 11) is 0. The van der Waals surface area contributed by atoms with Gasteiger partial charge in [0.2, 0.25) is 0 Å². The number of nitrogens with one attached hydrogen (secondary N) is 1. The third-order valence-electron chi connectivity index (χ3n) is 2.89. The van der Waals surface area contributed by atoms with Gasteiger partial charge in [0.1, 0.15) is 0 Å². The van der Waals surface area contributed by atoms with Crippen molar-refractivity contribution in [1.82, 2.24) is 5.32 Å². The van der Waals surface area contributed by atoms with E-state index in [2.05, 4.69) is 5.32 Å². The van der Waals surface area contributed by atoms with Crippen LogP contribution >= 0.6 is 11.8 Å². The lowest BCUT2D eigenvalue weighted by Crippen LogP contribution is -2.39. The molecule has 0 heterocycles. The number of nitrogens with zero attached hydrogens (tertiary/aromatic N) is 1. The van der Waals surface area contributed by atoms with Crippen molar-refractivity contribution in [3.63, 3.8) is 0 Å². The molecule has 0 saturated carbocycles. The van der Waals surface area contributed by atoms with E-state index in [-0.39, 0.29) is 10.6 Å². The van der Waals surface area contributed by atoms with Crippen LogP contribution in [-0.4, -0.2) is 34.2 Å². The van der Waals surface area contributed by atoms with Gasteiger partial charge in [-0.15, -0.1) is 0 Å². The fourth-order valence-corrected chi connectivity index (χ4v) is 2.61. The predicted molar refractivity (Wildman–Crippen MR) is 78.5 cm³/mol. The summed E-state index contributed by atoms with van der Waals surface area (Å²) in [6, 6.07) is 5.05. The lowest BCUT2D eigenvalue weighted by Gasteiger charge is -2.22. The first-order chi connectivity index (χ1) is 8.87. The summed E-state index contributed by atoms with van der Waals surface area (Å²) in [5.41, 5.74) is 0.919. The summed E-state index contributed by atoms with van der Waals surface area (Å²) in [6.07, 6.45) is 1.94. The molecule has 1 unspecified atom stereocenters. The van der Waals surface area contributed by atoms with Crippen LogP contribution in [0, 0.1) is 17.0 Å². The fourth-order valence-electron chi connectivity index (χ4n) is 1.89. The highest BCUT2D eigenvalue weighted by Crippen LogP contribution is 2.21. The monoisotopic (exact) mass is 284 g/mol. The van der Waals surface area contributed by atoms with Crippen molar-refractivity contribution < 1.29 is 10.0 Å². The molecule has 1 rings (SSSR count). The van der Waals surface area contributed by atoms with Gasteiger partial charge in [-0.3, -0.25) is 10.1 Å². The quantitative estimate of drug-likeness (QED) is 0.592. The van der Waals surface area contributed by atoms with Crippen LogP contribution < -0.4 is 5.32 Å². The number of hydrogen-bond donors (Lipinski definition) is 2. The van der Waals surface area contributed by atoms with Crippen LogP contribution in [0.4, 0.5) is 5.69 Å². The van der Waals surface area contributed by atoms with Crippen molar-refractivity contribution in [2.75, 3.05) is 18.6 Å². The standard InChI is InChI=1S/C13H20N2O3S/c1-10-11(5-4-6-12(10)15(17)18)7-14-8-13(2,16)9-19-3/h4-6,14,16H,7-9H2,1-3H3. The van der Waals surface area contributed by atoms with Crippen LogP contribution in [0.15, 0.2) is 18.2 Å². The molecule has 0 bridgehead atoms. The second-order valence-corrected chi connectivity index (χ2v) is 5.72. The van der Waals surface area contributed by atoms with E-state index in [0.717, 1.165) is 5.56 Å². The second-order valence-electron chi connectivity index (χ2n) is 4.85. The Labute approximate surface area is 117 Å². The molecule has 0 aromatic heterocycles. The molecule has 0 aliphatic heterocycles. The first-order valence-electron chi connectivity index (χ1n) is 6.02. The van der Waals surface area contributed by atoms with Gasteiger partial charge >= 0.3 is 0 Å². The molecule has 106 valence electrons. The van der Waals surface area contributed by atoms with Gasteiger partial charge in [-0.1, -0.05) is 12.1 Å². The summed E-state index contributed by atoms with van der Waals surface area (Å²) in [5, 5.41) is 24.0. The number of benzene rings is 1. The molecule has 0 spiro atoms. The third kappa shape index (κ3) is 4.81. The summed E-state index contributed by atoms with van der Waals surface area (Å²) in [5.74, 6) is 0.647. The normalized spacial score (nSPS) is 14.1. The van der Waals surface area contributed by atoms with E-state index in [1.807, 2.05) is 12.3 Å². The lowest BCUT2D eigenvalue weighted by molar-refractivity contribution is -0.385. The van der Waals surface area contributed by atoms with Crippen molar-refractivity contribution in [3.05, 3.63) is 39.4 Å². The Balaban J connectivity index is 2.64. The molecule has 0 aliphatic carbocycles. The fraction of sp³-hybridized carbons (Fsp3) is 0.538. The van der Waals surface area contributed by atoms with E-state index in [9.17, 15) is 15.2 Å². The number of aliphatic hydroxyl groups is 1. The van der Waals surface area contributed by atoms with Crippen molar-refractivity contribution >= 4 is 17.4 Å². The maximum atomic E-state index is 10.8. The van der Waals surface area contributed by atoms with Crippen LogP contribution in [0.1, 0.15) is 18.1 Å². The number of nitro benzene ring substituents is 1. The molecular weight excluding hydrogens is 264 g/mol. The summed E-state index contributed by atoms with van der Waals surface area (Å²) in [6.45, 7) is 4.49. The summed E-state index contributed by atoms with van der Waals surface area (Å²) >= 11 is 1.59. The van der Waals surface area contributed by atoms with Crippen LogP contribution in [0.2, 0.25) is 0 Å². The van der Waals surface area contributed by atoms with Gasteiger partial charge in [-0.2, -0.15) is 11.8 Å². The number of nitro groups is 1. The predicted octanol–water partition coefficient (Wildman–Crippen LogP) is 2.11. The summed E-state index contributed by atoms with van der Waals surface area (Å²) in [4.78, 5) is 10.5. The molecular formula is C13H20N2O3S. The molecule has 0 saturated heterocycles. The van der Waals surface area contributed by atoms with Gasteiger partial charge in [0.25, 0.3) is 5.69 Å². The zero-order chi connectivity index (χ0) is 14.5. The van der Waals surface area contributed by atoms with Crippen molar-refractivity contribution in [2.24, 2.45) is 0 Å². The average molecular weight is 284 g/mol. The van der Waals surface area contributed by atoms with E-state index < -0.39 is 5.60 Å². The van der Waals surface area contributed by atoms with E-state index in [0.29, 0.717) is 24.4 Å². The first kappa shape index (κ1) is 15.9. The Kier molecular flexibility index (Phi) is 5.78. The highest BCUT2D eigenvalue weighted by atomic mass is 32.2. The maximum Gasteiger partial charge on any atom is 0.272 e. The lowest BCUT2D eigenvalue weighted by atomic mass is 10.1. The number of hydrogen-bond acceptors (Lipinski definition) is 5. The van der Waals surface area contributed by atoms with E-state index >= 15 is 0 Å². The minimum atomic E-state index is -0.770. The van der Waals surface area contributed by atoms with E-state index in [4.69, 9.17) is 0 Å². The first-order valence-corrected chi connectivity index (χ1v) is 7.41. The Morgan fingerprint density at radius 3 is 2.79 bits per heavy atom. The van der Waals surface area contributed by atoms with Crippen molar-refractivity contribution in [3.8, 4) is 0 Å². The number of thioether (sulfide) groups is 1. The van der Waals surface area contributed by atoms with E-state index in [1.165, 1.54) is 6.07 Å². The molecule has 0 radical (unpaired) electrons. The van der Waals surface area contributed by atoms with Crippen molar-refractivity contribution in [2.45, 2.75) is 26.0 Å². The zero-order valence-corrected chi connectivity index (χ0v) is 12.3. The van der Waals surface area contributed by atoms with Gasteiger partial charge < -0.3 is 10.4 Å². The van der Waals surface area contributed by atoms with Gasteiger partial charge in [0.05, 0.1) is 10.5 Å². The topological polar surface area (TPSA) is 75.4 Å². The molecule has 1 atom stereocenters. The van der Waals surface area contributed by atoms with Gasteiger partial charge in [0, 0.05) is 30.5 Å².